The molecule has 0 amide bonds. The van der Waals surface area contributed by atoms with Gasteiger partial charge in [-0.25, -0.2) is 0 Å². The Morgan fingerprint density at radius 3 is 1.58 bits per heavy atom. The molecular weight excluding hydrogens is 194 g/mol. The summed E-state index contributed by atoms with van der Waals surface area (Å²) in [5.41, 5.74) is 0. The fourth-order valence-electron chi connectivity index (χ4n) is 0.374. The molecule has 0 aromatic carbocycles. The molecule has 0 saturated heterocycles. The van der Waals surface area contributed by atoms with E-state index in [0.29, 0.717) is 0 Å². The fraction of sp³-hybridized carbons (Fsp3) is 0.500. The van der Waals surface area contributed by atoms with E-state index in [2.05, 4.69) is 14.5 Å². The number of H-pyrrole nitrogens is 1. The molecule has 1 N–H and O–H groups in total. The Kier molecular flexibility index (Phi) is 12.8. The van der Waals surface area contributed by atoms with Gasteiger partial charge in [0.15, 0.2) is 6.29 Å². The van der Waals surface area contributed by atoms with Gasteiger partial charge in [-0.05, 0) is 19.1 Å². The van der Waals surface area contributed by atoms with E-state index in [1.807, 2.05) is 31.5 Å². The second-order valence-corrected chi connectivity index (χ2v) is 1.92. The van der Waals surface area contributed by atoms with Crippen LogP contribution in [-0.2, 0) is 26.8 Å². The molecule has 4 heteroatoms. The third kappa shape index (κ3) is 9.73. The minimum Gasteiger partial charge on any atom is -0.368 e. The van der Waals surface area contributed by atoms with Crippen molar-refractivity contribution in [3.05, 3.63) is 24.5 Å². The zero-order chi connectivity index (χ0) is 8.53. The van der Waals surface area contributed by atoms with Gasteiger partial charge in [-0.3, -0.25) is 0 Å². The maximum absolute atomic E-state index is 4.68. The molecule has 0 spiro atoms. The van der Waals surface area contributed by atoms with Crippen LogP contribution in [0.3, 0.4) is 0 Å². The first-order valence-corrected chi connectivity index (χ1v) is 3.44. The Balaban J connectivity index is 0. The molecule has 1 aromatic heterocycles. The van der Waals surface area contributed by atoms with Crippen molar-refractivity contribution in [3.63, 3.8) is 0 Å². The molecule has 0 atom stereocenters. The molecule has 1 rings (SSSR count). The van der Waals surface area contributed by atoms with Gasteiger partial charge in [0.2, 0.25) is 0 Å². The van der Waals surface area contributed by atoms with E-state index in [9.17, 15) is 0 Å². The van der Waals surface area contributed by atoms with Crippen LogP contribution < -0.4 is 0 Å². The maximum Gasteiger partial charge on any atom is 0.154 e. The number of hydrogen-bond donors (Lipinski definition) is 1. The number of ether oxygens (including phenoxy) is 2. The number of nitrogens with one attached hydrogen (secondary N) is 1. The second-order valence-electron chi connectivity index (χ2n) is 1.92. The summed E-state index contributed by atoms with van der Waals surface area (Å²) in [5, 5.41) is 0. The number of rotatable bonds is 2. The van der Waals surface area contributed by atoms with Crippen LogP contribution in [0.4, 0.5) is 0 Å². The Morgan fingerprint density at radius 2 is 1.50 bits per heavy atom. The van der Waals surface area contributed by atoms with E-state index in [1.165, 1.54) is 0 Å². The van der Waals surface area contributed by atoms with Crippen molar-refractivity contribution in [2.45, 2.75) is 13.2 Å². The van der Waals surface area contributed by atoms with Gasteiger partial charge in [0.05, 0.1) is 0 Å². The zero-order valence-corrected chi connectivity index (χ0v) is 8.89. The molecule has 3 nitrogen and oxygen atoms in total. The van der Waals surface area contributed by atoms with Crippen LogP contribution in [0.2, 0.25) is 0 Å². The monoisotopic (exact) mass is 209 g/mol. The summed E-state index contributed by atoms with van der Waals surface area (Å²) in [7, 11) is 3.21. The third-order valence-corrected chi connectivity index (χ3v) is 1.16. The molecule has 0 bridgehead atoms. The van der Waals surface area contributed by atoms with Gasteiger partial charge in [0.1, 0.15) is 0 Å². The Labute approximate surface area is 84.2 Å². The summed E-state index contributed by atoms with van der Waals surface area (Å²) in [6.45, 7) is 1.83. The van der Waals surface area contributed by atoms with Crippen LogP contribution in [0.5, 0.6) is 0 Å². The van der Waals surface area contributed by atoms with E-state index in [0.717, 1.165) is 0 Å². The molecule has 0 unspecified atom stereocenters. The Morgan fingerprint density at radius 1 is 1.08 bits per heavy atom. The van der Waals surface area contributed by atoms with Crippen molar-refractivity contribution in [3.8, 4) is 0 Å². The van der Waals surface area contributed by atoms with Gasteiger partial charge in [-0.1, -0.05) is 0 Å². The first-order valence-electron chi connectivity index (χ1n) is 3.44. The smallest absolute Gasteiger partial charge is 0.154 e. The molecule has 0 aliphatic heterocycles. The zero-order valence-electron chi connectivity index (χ0n) is 7.61. The van der Waals surface area contributed by atoms with Crippen molar-refractivity contribution >= 4 is 0 Å². The van der Waals surface area contributed by atoms with Gasteiger partial charge >= 0.3 is 0 Å². The van der Waals surface area contributed by atoms with E-state index in [1.54, 1.807) is 14.2 Å². The van der Waals surface area contributed by atoms with E-state index >= 15 is 0 Å². The molecule has 0 aliphatic carbocycles. The largest absolute Gasteiger partial charge is 0.368 e. The number of hydrogen-bond acceptors (Lipinski definition) is 2. The van der Waals surface area contributed by atoms with E-state index < -0.39 is 0 Å². The SMILES string of the molecule is COC(C)OC.[Cr].c1cc[nH]c1. The van der Waals surface area contributed by atoms with Crippen molar-refractivity contribution < 1.29 is 26.8 Å². The quantitative estimate of drug-likeness (QED) is 0.751. The first kappa shape index (κ1) is 14.3. The molecule has 70 valence electrons. The Hall–Kier alpha value is -0.268. The molecular formula is C8H15CrNO2. The molecule has 1 heterocycles. The maximum atomic E-state index is 4.68. The predicted octanol–water partition coefficient (Wildman–Crippen LogP) is 1.64. The van der Waals surface area contributed by atoms with Gasteiger partial charge in [0.25, 0.3) is 0 Å². The van der Waals surface area contributed by atoms with Crippen molar-refractivity contribution in [1.29, 1.82) is 0 Å². The van der Waals surface area contributed by atoms with Gasteiger partial charge in [-0.2, -0.15) is 0 Å². The second kappa shape index (κ2) is 10.7. The van der Waals surface area contributed by atoms with Crippen LogP contribution in [-0.4, -0.2) is 25.5 Å². The summed E-state index contributed by atoms with van der Waals surface area (Å²) in [6.07, 6.45) is 3.69. The van der Waals surface area contributed by atoms with Crippen LogP contribution in [0.15, 0.2) is 24.5 Å². The molecule has 0 aliphatic rings. The van der Waals surface area contributed by atoms with Crippen LogP contribution in [0.1, 0.15) is 6.92 Å². The number of aromatic amines is 1. The standard InChI is InChI=1S/C4H5N.C4H10O2.Cr/c1-2-4-5-3-1;1-4(5-2)6-3;/h1-5H;4H,1-3H3;. The van der Waals surface area contributed by atoms with E-state index in [4.69, 9.17) is 0 Å². The minimum absolute atomic E-state index is 0. The first-order chi connectivity index (χ1) is 5.31. The summed E-state index contributed by atoms with van der Waals surface area (Å²) < 4.78 is 9.35. The molecule has 0 fully saturated rings. The van der Waals surface area contributed by atoms with Crippen LogP contribution in [0, 0.1) is 0 Å². The molecule has 1 aromatic rings. The average molecular weight is 209 g/mol. The summed E-state index contributed by atoms with van der Waals surface area (Å²) in [5.74, 6) is 0. The Bertz CT molecular complexity index is 124. The number of aromatic nitrogens is 1. The van der Waals surface area contributed by atoms with Crippen LogP contribution >= 0.6 is 0 Å². The fourth-order valence-corrected chi connectivity index (χ4v) is 0.374. The van der Waals surface area contributed by atoms with Crippen LogP contribution in [0.25, 0.3) is 0 Å². The van der Waals surface area contributed by atoms with Crippen molar-refractivity contribution in [2.24, 2.45) is 0 Å². The topological polar surface area (TPSA) is 34.2 Å². The molecule has 0 saturated carbocycles. The van der Waals surface area contributed by atoms with Gasteiger partial charge in [0, 0.05) is 44.0 Å². The molecule has 12 heavy (non-hydrogen) atoms. The van der Waals surface area contributed by atoms with Crippen molar-refractivity contribution in [2.75, 3.05) is 14.2 Å². The number of methoxy groups -OCH3 is 2. The van der Waals surface area contributed by atoms with Crippen molar-refractivity contribution in [1.82, 2.24) is 4.98 Å². The summed E-state index contributed by atoms with van der Waals surface area (Å²) >= 11 is 0. The third-order valence-electron chi connectivity index (χ3n) is 1.16. The van der Waals surface area contributed by atoms with E-state index in [-0.39, 0.29) is 23.7 Å². The normalized spacial score (nSPS) is 8.33. The summed E-state index contributed by atoms with van der Waals surface area (Å²) in [4.78, 5) is 2.86. The average Bonchev–Trinajstić information content (AvgIpc) is 2.60. The van der Waals surface area contributed by atoms with Gasteiger partial charge < -0.3 is 14.5 Å². The predicted molar refractivity (Wildman–Crippen MR) is 44.3 cm³/mol. The minimum atomic E-state index is -0.0648. The summed E-state index contributed by atoms with van der Waals surface area (Å²) in [6, 6.07) is 3.89. The van der Waals surface area contributed by atoms with Gasteiger partial charge in [-0.15, -0.1) is 0 Å². The molecule has 0 radical (unpaired) electrons.